The lowest BCUT2D eigenvalue weighted by Crippen LogP contribution is -2.64. The Balaban J connectivity index is 2.11. The zero-order chi connectivity index (χ0) is 14.1. The maximum absolute atomic E-state index is 6.27. The number of nitrogens with zero attached hydrogens (tertiary/aromatic N) is 2. The summed E-state index contributed by atoms with van der Waals surface area (Å²) < 4.78 is 0. The molecule has 1 heterocycles. The second-order valence-corrected chi connectivity index (χ2v) is 7.48. The van der Waals surface area contributed by atoms with Crippen molar-refractivity contribution in [3.63, 3.8) is 0 Å². The van der Waals surface area contributed by atoms with Crippen molar-refractivity contribution in [1.29, 1.82) is 0 Å². The summed E-state index contributed by atoms with van der Waals surface area (Å²) in [5.41, 5.74) is 6.81. The topological polar surface area (TPSA) is 32.5 Å². The van der Waals surface area contributed by atoms with Gasteiger partial charge in [-0.3, -0.25) is 4.90 Å². The van der Waals surface area contributed by atoms with Crippen LogP contribution in [0.2, 0.25) is 0 Å². The highest BCUT2D eigenvalue weighted by Crippen LogP contribution is 2.46. The number of hydrogen-bond acceptors (Lipinski definition) is 3. The van der Waals surface area contributed by atoms with Crippen LogP contribution in [0.1, 0.15) is 52.4 Å². The fraction of sp³-hybridized carbons (Fsp3) is 1.00. The van der Waals surface area contributed by atoms with E-state index in [2.05, 4.69) is 37.7 Å². The van der Waals surface area contributed by atoms with E-state index in [1.165, 1.54) is 51.6 Å². The average Bonchev–Trinajstić information content (AvgIpc) is 2.75. The molecule has 2 unspecified atom stereocenters. The summed E-state index contributed by atoms with van der Waals surface area (Å²) in [5.74, 6) is 0. The van der Waals surface area contributed by atoms with Crippen molar-refractivity contribution >= 4 is 0 Å². The Morgan fingerprint density at radius 3 is 2.42 bits per heavy atom. The van der Waals surface area contributed by atoms with Gasteiger partial charge in [-0.1, -0.05) is 26.7 Å². The van der Waals surface area contributed by atoms with Gasteiger partial charge in [0.1, 0.15) is 0 Å². The molecule has 0 amide bonds. The highest BCUT2D eigenvalue weighted by molar-refractivity contribution is 5.05. The van der Waals surface area contributed by atoms with Crippen LogP contribution in [-0.2, 0) is 0 Å². The van der Waals surface area contributed by atoms with E-state index < -0.39 is 0 Å². The molecule has 1 aliphatic heterocycles. The summed E-state index contributed by atoms with van der Waals surface area (Å²) in [7, 11) is 4.58. The van der Waals surface area contributed by atoms with E-state index in [-0.39, 0.29) is 5.54 Å². The number of likely N-dealkylation sites (N-methyl/N-ethyl adjacent to an activating group) is 2. The number of rotatable bonds is 4. The zero-order valence-corrected chi connectivity index (χ0v) is 13.4. The van der Waals surface area contributed by atoms with Gasteiger partial charge in [0.2, 0.25) is 0 Å². The molecule has 1 aliphatic carbocycles. The SMILES string of the molecule is CN1CCCC1CN(C)C1(CN)CCCCC1(C)C. The van der Waals surface area contributed by atoms with Gasteiger partial charge in [0.25, 0.3) is 0 Å². The molecule has 112 valence electrons. The van der Waals surface area contributed by atoms with Crippen molar-refractivity contribution in [3.8, 4) is 0 Å². The molecule has 2 rings (SSSR count). The van der Waals surface area contributed by atoms with Gasteiger partial charge in [0, 0.05) is 24.7 Å². The Bertz CT molecular complexity index is 302. The predicted octanol–water partition coefficient (Wildman–Crippen LogP) is 2.31. The van der Waals surface area contributed by atoms with Gasteiger partial charge in [-0.05, 0) is 51.7 Å². The summed E-state index contributed by atoms with van der Waals surface area (Å²) in [6.07, 6.45) is 7.99. The fourth-order valence-corrected chi connectivity index (χ4v) is 4.50. The van der Waals surface area contributed by atoms with Gasteiger partial charge in [0.05, 0.1) is 0 Å². The van der Waals surface area contributed by atoms with Crippen LogP contribution in [0.3, 0.4) is 0 Å². The van der Waals surface area contributed by atoms with Gasteiger partial charge >= 0.3 is 0 Å². The monoisotopic (exact) mass is 267 g/mol. The van der Waals surface area contributed by atoms with Crippen LogP contribution in [0.5, 0.6) is 0 Å². The van der Waals surface area contributed by atoms with Gasteiger partial charge < -0.3 is 10.6 Å². The van der Waals surface area contributed by atoms with Crippen LogP contribution in [0.15, 0.2) is 0 Å². The third-order valence-electron chi connectivity index (χ3n) is 6.13. The lowest BCUT2D eigenvalue weighted by atomic mass is 9.62. The number of likely N-dealkylation sites (tertiary alicyclic amines) is 1. The summed E-state index contributed by atoms with van der Waals surface area (Å²) >= 11 is 0. The van der Waals surface area contributed by atoms with E-state index in [0.29, 0.717) is 5.41 Å². The quantitative estimate of drug-likeness (QED) is 0.848. The van der Waals surface area contributed by atoms with E-state index in [1.807, 2.05) is 0 Å². The van der Waals surface area contributed by atoms with Crippen molar-refractivity contribution < 1.29 is 0 Å². The maximum Gasteiger partial charge on any atom is 0.0380 e. The molecule has 1 saturated heterocycles. The van der Waals surface area contributed by atoms with Crippen molar-refractivity contribution in [1.82, 2.24) is 9.80 Å². The molecule has 0 aromatic carbocycles. The van der Waals surface area contributed by atoms with Crippen LogP contribution in [0.4, 0.5) is 0 Å². The highest BCUT2D eigenvalue weighted by atomic mass is 15.3. The molecular formula is C16H33N3. The molecule has 2 aliphatic rings. The van der Waals surface area contributed by atoms with Gasteiger partial charge in [-0.2, -0.15) is 0 Å². The van der Waals surface area contributed by atoms with Crippen LogP contribution in [0, 0.1) is 5.41 Å². The van der Waals surface area contributed by atoms with E-state index in [1.54, 1.807) is 0 Å². The third kappa shape index (κ3) is 2.70. The van der Waals surface area contributed by atoms with E-state index in [9.17, 15) is 0 Å². The Hall–Kier alpha value is -0.120. The van der Waals surface area contributed by atoms with Crippen molar-refractivity contribution in [2.75, 3.05) is 33.7 Å². The molecule has 0 radical (unpaired) electrons. The molecule has 2 atom stereocenters. The molecule has 0 aromatic rings. The smallest absolute Gasteiger partial charge is 0.0380 e. The van der Waals surface area contributed by atoms with Gasteiger partial charge in [-0.15, -0.1) is 0 Å². The molecular weight excluding hydrogens is 234 g/mol. The van der Waals surface area contributed by atoms with Crippen LogP contribution in [-0.4, -0.2) is 55.1 Å². The normalized spacial score (nSPS) is 36.0. The standard InChI is InChI=1S/C16H33N3/c1-15(2)9-5-6-10-16(15,13-17)19(4)12-14-8-7-11-18(14)3/h14H,5-13,17H2,1-4H3. The molecule has 1 saturated carbocycles. The largest absolute Gasteiger partial charge is 0.329 e. The molecule has 2 N–H and O–H groups in total. The van der Waals surface area contributed by atoms with Crippen molar-refractivity contribution in [2.24, 2.45) is 11.1 Å². The minimum atomic E-state index is 0.203. The summed E-state index contributed by atoms with van der Waals surface area (Å²) in [4.78, 5) is 5.13. The van der Waals surface area contributed by atoms with Crippen molar-refractivity contribution in [3.05, 3.63) is 0 Å². The first kappa shape index (κ1) is 15.3. The van der Waals surface area contributed by atoms with Crippen molar-refractivity contribution in [2.45, 2.75) is 64.0 Å². The summed E-state index contributed by atoms with van der Waals surface area (Å²) in [6, 6.07) is 0.728. The van der Waals surface area contributed by atoms with Gasteiger partial charge in [0.15, 0.2) is 0 Å². The summed E-state index contributed by atoms with van der Waals surface area (Å²) in [5, 5.41) is 0. The Morgan fingerprint density at radius 2 is 1.89 bits per heavy atom. The van der Waals surface area contributed by atoms with Gasteiger partial charge in [-0.25, -0.2) is 0 Å². The van der Waals surface area contributed by atoms with E-state index in [4.69, 9.17) is 5.73 Å². The second-order valence-electron chi connectivity index (χ2n) is 7.48. The van der Waals surface area contributed by atoms with Crippen LogP contribution < -0.4 is 5.73 Å². The molecule has 3 nitrogen and oxygen atoms in total. The Morgan fingerprint density at radius 1 is 1.21 bits per heavy atom. The average molecular weight is 267 g/mol. The maximum atomic E-state index is 6.27. The first-order chi connectivity index (χ1) is 8.93. The second kappa shape index (κ2) is 5.71. The lowest BCUT2D eigenvalue weighted by Gasteiger charge is -2.55. The molecule has 0 aromatic heterocycles. The molecule has 2 fully saturated rings. The Labute approximate surface area is 119 Å². The molecule has 0 bridgehead atoms. The van der Waals surface area contributed by atoms with E-state index in [0.717, 1.165) is 12.6 Å². The molecule has 0 spiro atoms. The molecule has 3 heteroatoms. The third-order valence-corrected chi connectivity index (χ3v) is 6.13. The fourth-order valence-electron chi connectivity index (χ4n) is 4.50. The minimum absolute atomic E-state index is 0.203. The molecule has 19 heavy (non-hydrogen) atoms. The van der Waals surface area contributed by atoms with Crippen LogP contribution in [0.25, 0.3) is 0 Å². The zero-order valence-electron chi connectivity index (χ0n) is 13.4. The first-order valence-corrected chi connectivity index (χ1v) is 8.04. The van der Waals surface area contributed by atoms with E-state index >= 15 is 0 Å². The highest BCUT2D eigenvalue weighted by Gasteiger charge is 2.48. The number of nitrogens with two attached hydrogens (primary N) is 1. The minimum Gasteiger partial charge on any atom is -0.329 e. The first-order valence-electron chi connectivity index (χ1n) is 8.04. The van der Waals surface area contributed by atoms with Crippen LogP contribution >= 0.6 is 0 Å². The Kier molecular flexibility index (Phi) is 4.59. The lowest BCUT2D eigenvalue weighted by molar-refractivity contribution is -0.0370. The summed E-state index contributed by atoms with van der Waals surface area (Å²) in [6.45, 7) is 8.09. The predicted molar refractivity (Wildman–Crippen MR) is 82.3 cm³/mol. The number of hydrogen-bond donors (Lipinski definition) is 1.